The highest BCUT2D eigenvalue weighted by molar-refractivity contribution is 6.39. The van der Waals surface area contributed by atoms with E-state index in [-0.39, 0.29) is 5.78 Å². The van der Waals surface area contributed by atoms with Crippen molar-refractivity contribution in [2.75, 3.05) is 19.6 Å². The fourth-order valence-electron chi connectivity index (χ4n) is 3.82. The van der Waals surface area contributed by atoms with Crippen LogP contribution in [-0.2, 0) is 4.79 Å². The molecule has 0 saturated heterocycles. The normalized spacial score (nSPS) is 14.1. The third kappa shape index (κ3) is 11.0. The predicted octanol–water partition coefficient (Wildman–Crippen LogP) is 6.55. The fourth-order valence-corrected chi connectivity index (χ4v) is 3.82. The number of unbranched alkanes of at least 4 members (excludes halogenated alkanes) is 14. The summed E-state index contributed by atoms with van der Waals surface area (Å²) < 4.78 is 0. The Morgan fingerprint density at radius 1 is 0.769 bits per heavy atom. The van der Waals surface area contributed by atoms with Gasteiger partial charge in [-0.05, 0) is 13.3 Å². The molecule has 0 N–H and O–H groups in total. The summed E-state index contributed by atoms with van der Waals surface area (Å²) >= 11 is 0. The van der Waals surface area contributed by atoms with E-state index in [2.05, 4.69) is 23.7 Å². The molecule has 1 heterocycles. The van der Waals surface area contributed by atoms with Gasteiger partial charge >= 0.3 is 0 Å². The molecule has 3 nitrogen and oxygen atoms in total. The van der Waals surface area contributed by atoms with Gasteiger partial charge in [-0.25, -0.2) is 0 Å². The van der Waals surface area contributed by atoms with Gasteiger partial charge < -0.3 is 4.90 Å². The van der Waals surface area contributed by atoms with Crippen molar-refractivity contribution in [1.82, 2.24) is 4.90 Å². The maximum atomic E-state index is 12.2. The smallest absolute Gasteiger partial charge is 0.197 e. The SMILES string of the molecule is CCCCCCCCCCCCCCCCCC(=O)C1=NCCN1CC. The molecule has 0 aromatic carbocycles. The lowest BCUT2D eigenvalue weighted by molar-refractivity contribution is -0.113. The summed E-state index contributed by atoms with van der Waals surface area (Å²) in [7, 11) is 0. The van der Waals surface area contributed by atoms with Crippen LogP contribution in [0.15, 0.2) is 4.99 Å². The van der Waals surface area contributed by atoms with Crippen molar-refractivity contribution >= 4 is 11.6 Å². The molecular formula is C23H44N2O. The van der Waals surface area contributed by atoms with Crippen molar-refractivity contribution in [2.45, 2.75) is 117 Å². The number of ketones is 1. The zero-order valence-electron chi connectivity index (χ0n) is 17.7. The van der Waals surface area contributed by atoms with E-state index >= 15 is 0 Å². The number of hydrogen-bond donors (Lipinski definition) is 0. The summed E-state index contributed by atoms with van der Waals surface area (Å²) in [5.74, 6) is 1.01. The van der Waals surface area contributed by atoms with Crippen LogP contribution in [0.25, 0.3) is 0 Å². The lowest BCUT2D eigenvalue weighted by atomic mass is 10.0. The van der Waals surface area contributed by atoms with Gasteiger partial charge in [0.15, 0.2) is 11.6 Å². The Morgan fingerprint density at radius 3 is 1.69 bits per heavy atom. The fraction of sp³-hybridized carbons (Fsp3) is 0.913. The molecule has 0 fully saturated rings. The molecule has 0 aliphatic carbocycles. The first-order valence-electron chi connectivity index (χ1n) is 11.6. The van der Waals surface area contributed by atoms with E-state index in [0.29, 0.717) is 6.42 Å². The molecule has 0 spiro atoms. The molecule has 152 valence electrons. The van der Waals surface area contributed by atoms with Gasteiger partial charge in [0.2, 0.25) is 0 Å². The third-order valence-electron chi connectivity index (χ3n) is 5.57. The number of carbonyl (C=O) groups excluding carboxylic acids is 1. The molecule has 26 heavy (non-hydrogen) atoms. The number of likely N-dealkylation sites (N-methyl/N-ethyl adjacent to an activating group) is 1. The average molecular weight is 365 g/mol. The zero-order chi connectivity index (χ0) is 18.9. The Balaban J connectivity index is 1.80. The van der Waals surface area contributed by atoms with Gasteiger partial charge in [0, 0.05) is 19.5 Å². The van der Waals surface area contributed by atoms with Gasteiger partial charge in [-0.3, -0.25) is 9.79 Å². The van der Waals surface area contributed by atoms with Gasteiger partial charge in [0.25, 0.3) is 0 Å². The Bertz CT molecular complexity index is 378. The molecule has 1 rings (SSSR count). The molecule has 1 aliphatic heterocycles. The summed E-state index contributed by atoms with van der Waals surface area (Å²) in [6.07, 6.45) is 21.1. The first kappa shape index (κ1) is 23.2. The monoisotopic (exact) mass is 364 g/mol. The number of nitrogens with zero attached hydrogens (tertiary/aromatic N) is 2. The number of carbonyl (C=O) groups is 1. The minimum atomic E-state index is 0.263. The molecule has 0 bridgehead atoms. The van der Waals surface area contributed by atoms with E-state index in [1.54, 1.807) is 0 Å². The minimum Gasteiger partial charge on any atom is -0.352 e. The lowest BCUT2D eigenvalue weighted by Gasteiger charge is -2.16. The highest BCUT2D eigenvalue weighted by atomic mass is 16.1. The second kappa shape index (κ2) is 16.3. The second-order valence-corrected chi connectivity index (χ2v) is 7.91. The van der Waals surface area contributed by atoms with Crippen LogP contribution in [0.4, 0.5) is 0 Å². The van der Waals surface area contributed by atoms with Crippen LogP contribution in [0.1, 0.15) is 117 Å². The predicted molar refractivity (Wildman–Crippen MR) is 114 cm³/mol. The second-order valence-electron chi connectivity index (χ2n) is 7.91. The Morgan fingerprint density at radius 2 is 1.23 bits per heavy atom. The van der Waals surface area contributed by atoms with Crippen LogP contribution in [0, 0.1) is 0 Å². The van der Waals surface area contributed by atoms with E-state index in [1.807, 2.05) is 0 Å². The van der Waals surface area contributed by atoms with Crippen molar-refractivity contribution in [2.24, 2.45) is 4.99 Å². The molecule has 0 unspecified atom stereocenters. The molecule has 0 atom stereocenters. The maximum absolute atomic E-state index is 12.2. The number of hydrogen-bond acceptors (Lipinski definition) is 3. The van der Waals surface area contributed by atoms with Crippen LogP contribution < -0.4 is 0 Å². The van der Waals surface area contributed by atoms with Crippen molar-refractivity contribution in [3.8, 4) is 0 Å². The quantitative estimate of drug-likeness (QED) is 0.258. The van der Waals surface area contributed by atoms with Crippen LogP contribution in [0.3, 0.4) is 0 Å². The first-order chi connectivity index (χ1) is 12.8. The minimum absolute atomic E-state index is 0.263. The molecular weight excluding hydrogens is 320 g/mol. The van der Waals surface area contributed by atoms with Crippen molar-refractivity contribution in [3.05, 3.63) is 0 Å². The largest absolute Gasteiger partial charge is 0.352 e. The van der Waals surface area contributed by atoms with Crippen LogP contribution in [0.2, 0.25) is 0 Å². The van der Waals surface area contributed by atoms with Crippen molar-refractivity contribution in [1.29, 1.82) is 0 Å². The molecule has 0 amide bonds. The first-order valence-corrected chi connectivity index (χ1v) is 11.6. The molecule has 0 aromatic heterocycles. The van der Waals surface area contributed by atoms with E-state index in [9.17, 15) is 4.79 Å². The van der Waals surface area contributed by atoms with E-state index < -0.39 is 0 Å². The van der Waals surface area contributed by atoms with E-state index in [4.69, 9.17) is 0 Å². The lowest BCUT2D eigenvalue weighted by Crippen LogP contribution is -2.33. The van der Waals surface area contributed by atoms with Crippen LogP contribution in [0.5, 0.6) is 0 Å². The number of amidine groups is 1. The highest BCUT2D eigenvalue weighted by Gasteiger charge is 2.21. The van der Waals surface area contributed by atoms with Gasteiger partial charge in [-0.1, -0.05) is 96.8 Å². The zero-order valence-corrected chi connectivity index (χ0v) is 17.7. The summed E-state index contributed by atoms with van der Waals surface area (Å²) in [6.45, 7) is 7.01. The van der Waals surface area contributed by atoms with Crippen molar-refractivity contribution in [3.63, 3.8) is 0 Å². The number of rotatable bonds is 18. The Hall–Kier alpha value is -0.860. The maximum Gasteiger partial charge on any atom is 0.197 e. The Kier molecular flexibility index (Phi) is 14.6. The van der Waals surface area contributed by atoms with Crippen LogP contribution >= 0.6 is 0 Å². The molecule has 0 saturated carbocycles. The standard InChI is InChI=1S/C23H44N2O/c1-3-5-6-7-8-9-10-11-12-13-14-15-16-17-18-19-22(26)23-24-20-21-25(23)4-2/h3-21H2,1-2H3. The summed E-state index contributed by atoms with van der Waals surface area (Å²) in [5, 5.41) is 0. The molecule has 1 aliphatic rings. The number of aliphatic imine (C=N–C) groups is 1. The van der Waals surface area contributed by atoms with Crippen molar-refractivity contribution < 1.29 is 4.79 Å². The van der Waals surface area contributed by atoms with Gasteiger partial charge in [-0.15, -0.1) is 0 Å². The molecule has 0 aromatic rings. The van der Waals surface area contributed by atoms with Gasteiger partial charge in [0.1, 0.15) is 0 Å². The molecule has 3 heteroatoms. The topological polar surface area (TPSA) is 32.7 Å². The molecule has 0 radical (unpaired) electrons. The van der Waals surface area contributed by atoms with E-state index in [0.717, 1.165) is 31.9 Å². The van der Waals surface area contributed by atoms with Crippen LogP contribution in [-0.4, -0.2) is 36.2 Å². The van der Waals surface area contributed by atoms with Gasteiger partial charge in [-0.2, -0.15) is 0 Å². The summed E-state index contributed by atoms with van der Waals surface area (Å²) in [5.41, 5.74) is 0. The summed E-state index contributed by atoms with van der Waals surface area (Å²) in [6, 6.07) is 0. The summed E-state index contributed by atoms with van der Waals surface area (Å²) in [4.78, 5) is 18.7. The number of Topliss-reactive ketones (excluding diaryl/α,β-unsaturated/α-hetero) is 1. The third-order valence-corrected chi connectivity index (χ3v) is 5.57. The van der Waals surface area contributed by atoms with Gasteiger partial charge in [0.05, 0.1) is 6.54 Å². The average Bonchev–Trinajstić information content (AvgIpc) is 3.13. The Labute approximate surface area is 163 Å². The highest BCUT2D eigenvalue weighted by Crippen LogP contribution is 2.14. The van der Waals surface area contributed by atoms with E-state index in [1.165, 1.54) is 89.9 Å².